The molecule has 0 aliphatic rings. The summed E-state index contributed by atoms with van der Waals surface area (Å²) >= 11 is 0. The van der Waals surface area contributed by atoms with Gasteiger partial charge in [-0.1, -0.05) is 33.8 Å². The van der Waals surface area contributed by atoms with Crippen molar-refractivity contribution in [3.05, 3.63) is 39.8 Å². The molecule has 4 heteroatoms. The van der Waals surface area contributed by atoms with Crippen molar-refractivity contribution in [2.75, 3.05) is 0 Å². The lowest BCUT2D eigenvalue weighted by atomic mass is 9.95. The first-order valence-electron chi connectivity index (χ1n) is 6.21. The molecule has 0 aliphatic heterocycles. The second-order valence-electron chi connectivity index (χ2n) is 5.16. The Kier molecular flexibility index (Phi) is 3.11. The lowest BCUT2D eigenvalue weighted by molar-refractivity contribution is 0.0939. The van der Waals surface area contributed by atoms with E-state index in [0.29, 0.717) is 11.1 Å². The zero-order valence-corrected chi connectivity index (χ0v) is 11.2. The van der Waals surface area contributed by atoms with Crippen molar-refractivity contribution in [1.29, 1.82) is 0 Å². The number of carbonyl (C=O) groups excluding carboxylic acids is 1. The van der Waals surface area contributed by atoms with Gasteiger partial charge in [-0.2, -0.15) is 0 Å². The monoisotopic (exact) mass is 246 g/mol. The Morgan fingerprint density at radius 1 is 1.22 bits per heavy atom. The molecule has 0 saturated heterocycles. The van der Waals surface area contributed by atoms with Gasteiger partial charge in [0.25, 0.3) is 5.56 Å². The van der Waals surface area contributed by atoms with Crippen LogP contribution < -0.4 is 5.56 Å². The highest BCUT2D eigenvalue weighted by molar-refractivity contribution is 6.04. The second-order valence-corrected chi connectivity index (χ2v) is 5.16. The Balaban J connectivity index is 2.83. The summed E-state index contributed by atoms with van der Waals surface area (Å²) in [6.45, 7) is 7.76. The number of Topliss-reactive ketones (excluding diaryl/α,β-unsaturated/α-hetero) is 1. The first-order valence-corrected chi connectivity index (χ1v) is 6.21. The van der Waals surface area contributed by atoms with E-state index < -0.39 is 0 Å². The zero-order valence-electron chi connectivity index (χ0n) is 11.2. The lowest BCUT2D eigenvalue weighted by Crippen LogP contribution is -2.12. The molecule has 2 heterocycles. The molecule has 0 amide bonds. The van der Waals surface area contributed by atoms with Crippen LogP contribution in [0.15, 0.2) is 23.0 Å². The SMILES string of the molecule is CC(C)C(=O)c1c(C(C)C)[nH]n2c(=O)cccc12. The van der Waals surface area contributed by atoms with E-state index >= 15 is 0 Å². The molecule has 0 bridgehead atoms. The maximum absolute atomic E-state index is 12.3. The van der Waals surface area contributed by atoms with Crippen LogP contribution in [0.3, 0.4) is 0 Å². The van der Waals surface area contributed by atoms with Crippen LogP contribution in [0.5, 0.6) is 0 Å². The van der Waals surface area contributed by atoms with Crippen LogP contribution in [0.4, 0.5) is 0 Å². The van der Waals surface area contributed by atoms with E-state index in [0.717, 1.165) is 5.69 Å². The smallest absolute Gasteiger partial charge is 0.269 e. The van der Waals surface area contributed by atoms with Crippen molar-refractivity contribution in [1.82, 2.24) is 9.61 Å². The average molecular weight is 246 g/mol. The Bertz CT molecular complexity index is 647. The number of hydrogen-bond acceptors (Lipinski definition) is 2. The fourth-order valence-corrected chi connectivity index (χ4v) is 2.08. The predicted octanol–water partition coefficient (Wildman–Crippen LogP) is 2.59. The van der Waals surface area contributed by atoms with Crippen LogP contribution in [-0.4, -0.2) is 15.4 Å². The fraction of sp³-hybridized carbons (Fsp3) is 0.429. The highest BCUT2D eigenvalue weighted by Crippen LogP contribution is 2.24. The van der Waals surface area contributed by atoms with Gasteiger partial charge in [0.2, 0.25) is 0 Å². The van der Waals surface area contributed by atoms with Crippen molar-refractivity contribution < 1.29 is 4.79 Å². The van der Waals surface area contributed by atoms with Crippen LogP contribution in [0.2, 0.25) is 0 Å². The van der Waals surface area contributed by atoms with E-state index in [1.807, 2.05) is 27.7 Å². The molecular formula is C14H18N2O2. The Hall–Kier alpha value is -1.84. The molecule has 0 radical (unpaired) electrons. The quantitative estimate of drug-likeness (QED) is 0.846. The summed E-state index contributed by atoms with van der Waals surface area (Å²) < 4.78 is 1.45. The highest BCUT2D eigenvalue weighted by Gasteiger charge is 2.22. The van der Waals surface area contributed by atoms with Gasteiger partial charge in [-0.3, -0.25) is 14.7 Å². The number of aromatic nitrogens is 2. The summed E-state index contributed by atoms with van der Waals surface area (Å²) in [4.78, 5) is 24.1. The molecule has 0 aromatic carbocycles. The minimum atomic E-state index is -0.141. The van der Waals surface area contributed by atoms with Crippen molar-refractivity contribution in [2.45, 2.75) is 33.6 Å². The minimum Gasteiger partial charge on any atom is -0.294 e. The van der Waals surface area contributed by atoms with Crippen molar-refractivity contribution in [3.8, 4) is 0 Å². The molecule has 0 spiro atoms. The van der Waals surface area contributed by atoms with Gasteiger partial charge in [0.15, 0.2) is 5.78 Å². The average Bonchev–Trinajstić information content (AvgIpc) is 2.68. The Morgan fingerprint density at radius 3 is 2.44 bits per heavy atom. The number of hydrogen-bond donors (Lipinski definition) is 1. The predicted molar refractivity (Wildman–Crippen MR) is 71.3 cm³/mol. The number of pyridine rings is 1. The number of carbonyl (C=O) groups is 1. The van der Waals surface area contributed by atoms with Gasteiger partial charge in [0.1, 0.15) is 0 Å². The minimum absolute atomic E-state index is 0.0723. The molecule has 2 aromatic heterocycles. The third-order valence-electron chi connectivity index (χ3n) is 3.06. The molecule has 0 saturated carbocycles. The number of nitrogens with one attached hydrogen (secondary N) is 1. The molecule has 18 heavy (non-hydrogen) atoms. The Labute approximate surface area is 106 Å². The molecular weight excluding hydrogens is 228 g/mol. The molecule has 96 valence electrons. The zero-order chi connectivity index (χ0) is 13.4. The third kappa shape index (κ3) is 1.88. The summed E-state index contributed by atoms with van der Waals surface area (Å²) in [6.07, 6.45) is 0. The van der Waals surface area contributed by atoms with Crippen molar-refractivity contribution >= 4 is 11.3 Å². The van der Waals surface area contributed by atoms with Gasteiger partial charge >= 0.3 is 0 Å². The molecule has 0 aliphatic carbocycles. The van der Waals surface area contributed by atoms with Crippen molar-refractivity contribution in [3.63, 3.8) is 0 Å². The van der Waals surface area contributed by atoms with Gasteiger partial charge in [-0.25, -0.2) is 4.52 Å². The van der Waals surface area contributed by atoms with Gasteiger partial charge in [0, 0.05) is 17.7 Å². The molecule has 0 unspecified atom stereocenters. The van der Waals surface area contributed by atoms with Crippen LogP contribution in [0, 0.1) is 5.92 Å². The van der Waals surface area contributed by atoms with E-state index in [9.17, 15) is 9.59 Å². The first-order chi connectivity index (χ1) is 8.43. The second kappa shape index (κ2) is 4.44. The fourth-order valence-electron chi connectivity index (χ4n) is 2.08. The number of nitrogens with zero attached hydrogens (tertiary/aromatic N) is 1. The molecule has 2 aromatic rings. The molecule has 0 atom stereocenters. The van der Waals surface area contributed by atoms with Crippen LogP contribution in [-0.2, 0) is 0 Å². The maximum atomic E-state index is 12.3. The number of aromatic amines is 1. The van der Waals surface area contributed by atoms with Gasteiger partial charge in [-0.15, -0.1) is 0 Å². The summed E-state index contributed by atoms with van der Waals surface area (Å²) in [5.74, 6) is 0.155. The molecule has 4 nitrogen and oxygen atoms in total. The number of rotatable bonds is 3. The van der Waals surface area contributed by atoms with Gasteiger partial charge < -0.3 is 0 Å². The van der Waals surface area contributed by atoms with Gasteiger partial charge in [0.05, 0.1) is 11.1 Å². The topological polar surface area (TPSA) is 54.3 Å². The van der Waals surface area contributed by atoms with Crippen LogP contribution in [0.25, 0.3) is 5.52 Å². The van der Waals surface area contributed by atoms with E-state index in [-0.39, 0.29) is 23.2 Å². The molecule has 1 N–H and O–H groups in total. The number of ketones is 1. The van der Waals surface area contributed by atoms with Crippen molar-refractivity contribution in [2.24, 2.45) is 5.92 Å². The van der Waals surface area contributed by atoms with Crippen LogP contribution >= 0.6 is 0 Å². The maximum Gasteiger partial charge on any atom is 0.269 e. The summed E-state index contributed by atoms with van der Waals surface area (Å²) in [5, 5.41) is 3.05. The summed E-state index contributed by atoms with van der Waals surface area (Å²) in [6, 6.07) is 4.98. The van der Waals surface area contributed by atoms with E-state index in [1.165, 1.54) is 10.6 Å². The Morgan fingerprint density at radius 2 is 1.89 bits per heavy atom. The summed E-state index contributed by atoms with van der Waals surface area (Å²) in [5.41, 5.74) is 2.01. The van der Waals surface area contributed by atoms with E-state index in [2.05, 4.69) is 5.10 Å². The standard InChI is InChI=1S/C14H18N2O2/c1-8(2)13-12(14(18)9(3)4)10-6-5-7-11(17)16(10)15-13/h5-9,15H,1-4H3. The van der Waals surface area contributed by atoms with E-state index in [1.54, 1.807) is 12.1 Å². The summed E-state index contributed by atoms with van der Waals surface area (Å²) in [7, 11) is 0. The van der Waals surface area contributed by atoms with E-state index in [4.69, 9.17) is 0 Å². The normalized spacial score (nSPS) is 11.7. The molecule has 0 fully saturated rings. The third-order valence-corrected chi connectivity index (χ3v) is 3.06. The first kappa shape index (κ1) is 12.6. The van der Waals surface area contributed by atoms with Crippen LogP contribution in [0.1, 0.15) is 49.7 Å². The molecule has 2 rings (SSSR count). The lowest BCUT2D eigenvalue weighted by Gasteiger charge is -2.07. The largest absolute Gasteiger partial charge is 0.294 e. The highest BCUT2D eigenvalue weighted by atomic mass is 16.1. The number of H-pyrrole nitrogens is 1. The van der Waals surface area contributed by atoms with Gasteiger partial charge in [-0.05, 0) is 12.0 Å². The number of fused-ring (bicyclic) bond motifs is 1.